The second-order valence-corrected chi connectivity index (χ2v) is 10.5. The van der Waals surface area contributed by atoms with Crippen molar-refractivity contribution in [3.8, 4) is 11.6 Å². The van der Waals surface area contributed by atoms with Crippen LogP contribution in [0.4, 0.5) is 24.8 Å². The molecule has 0 radical (unpaired) electrons. The molecule has 40 heavy (non-hydrogen) atoms. The molecule has 206 valence electrons. The second-order valence-electron chi connectivity index (χ2n) is 10.5. The summed E-state index contributed by atoms with van der Waals surface area (Å²) in [5, 5.41) is 6.60. The standard InChI is InChI=1S/C31H30F3N5O/c1-30(2,3)23-9-4-5-12-26(23)40-28-25(11-7-17-36-28)38-29-37-24-10-6-8-21(27(24)39-29)19-35-18-20-13-15-22(16-14-20)31(32,33)34/h4-17,35H,18-19H2,1-3H3,(H2,37,38,39). The molecular weight excluding hydrogens is 515 g/mol. The zero-order valence-corrected chi connectivity index (χ0v) is 22.4. The molecule has 3 N–H and O–H groups in total. The number of nitrogens with one attached hydrogen (secondary N) is 3. The van der Waals surface area contributed by atoms with Gasteiger partial charge < -0.3 is 20.4 Å². The third-order valence-electron chi connectivity index (χ3n) is 6.45. The zero-order chi connectivity index (χ0) is 28.3. The molecule has 9 heteroatoms. The van der Waals surface area contributed by atoms with Crippen LogP contribution in [0.3, 0.4) is 0 Å². The molecule has 2 aromatic heterocycles. The lowest BCUT2D eigenvalue weighted by Crippen LogP contribution is -2.13. The summed E-state index contributed by atoms with van der Waals surface area (Å²) >= 11 is 0. The molecule has 0 bridgehead atoms. The number of ether oxygens (including phenoxy) is 1. The number of aromatic amines is 1. The van der Waals surface area contributed by atoms with Gasteiger partial charge in [0.15, 0.2) is 0 Å². The number of pyridine rings is 1. The molecule has 5 aromatic rings. The molecule has 0 aliphatic carbocycles. The highest BCUT2D eigenvalue weighted by Crippen LogP contribution is 2.36. The van der Waals surface area contributed by atoms with E-state index in [0.29, 0.717) is 30.6 Å². The molecule has 0 amide bonds. The number of fused-ring (bicyclic) bond motifs is 1. The highest BCUT2D eigenvalue weighted by Gasteiger charge is 2.29. The fourth-order valence-electron chi connectivity index (χ4n) is 4.42. The zero-order valence-electron chi connectivity index (χ0n) is 22.4. The summed E-state index contributed by atoms with van der Waals surface area (Å²) in [5.41, 5.74) is 4.33. The summed E-state index contributed by atoms with van der Waals surface area (Å²) < 4.78 is 44.7. The van der Waals surface area contributed by atoms with Crippen LogP contribution in [0.15, 0.2) is 85.1 Å². The maximum Gasteiger partial charge on any atom is 0.416 e. The highest BCUT2D eigenvalue weighted by atomic mass is 19.4. The third kappa shape index (κ3) is 6.26. The van der Waals surface area contributed by atoms with Crippen molar-refractivity contribution < 1.29 is 17.9 Å². The minimum atomic E-state index is -4.34. The molecule has 0 saturated carbocycles. The lowest BCUT2D eigenvalue weighted by atomic mass is 9.86. The first-order chi connectivity index (χ1) is 19.1. The quantitative estimate of drug-likeness (QED) is 0.184. The monoisotopic (exact) mass is 545 g/mol. The van der Waals surface area contributed by atoms with Crippen LogP contribution in [-0.4, -0.2) is 15.0 Å². The van der Waals surface area contributed by atoms with E-state index < -0.39 is 11.7 Å². The van der Waals surface area contributed by atoms with Gasteiger partial charge in [-0.2, -0.15) is 13.2 Å². The fraction of sp³-hybridized carbons (Fsp3) is 0.226. The topological polar surface area (TPSA) is 74.9 Å². The number of benzene rings is 3. The van der Waals surface area contributed by atoms with Crippen molar-refractivity contribution in [2.24, 2.45) is 0 Å². The van der Waals surface area contributed by atoms with Gasteiger partial charge in [-0.25, -0.2) is 9.97 Å². The van der Waals surface area contributed by atoms with Crippen molar-refractivity contribution in [3.05, 3.63) is 107 Å². The molecule has 0 atom stereocenters. The summed E-state index contributed by atoms with van der Waals surface area (Å²) in [7, 11) is 0. The predicted molar refractivity (Wildman–Crippen MR) is 151 cm³/mol. The number of halogens is 3. The second kappa shape index (κ2) is 11.0. The molecule has 3 aromatic carbocycles. The molecule has 0 aliphatic heterocycles. The highest BCUT2D eigenvalue weighted by molar-refractivity contribution is 5.82. The van der Waals surface area contributed by atoms with Gasteiger partial charge in [0.25, 0.3) is 0 Å². The van der Waals surface area contributed by atoms with Crippen molar-refractivity contribution in [1.29, 1.82) is 0 Å². The number of nitrogens with zero attached hydrogens (tertiary/aromatic N) is 2. The molecule has 0 unspecified atom stereocenters. The van der Waals surface area contributed by atoms with Gasteiger partial charge in [0.1, 0.15) is 11.4 Å². The van der Waals surface area contributed by atoms with E-state index in [4.69, 9.17) is 9.72 Å². The summed E-state index contributed by atoms with van der Waals surface area (Å²) in [6.07, 6.45) is -2.66. The van der Waals surface area contributed by atoms with Crippen LogP contribution < -0.4 is 15.4 Å². The number of hydrogen-bond donors (Lipinski definition) is 3. The van der Waals surface area contributed by atoms with Crippen molar-refractivity contribution in [3.63, 3.8) is 0 Å². The van der Waals surface area contributed by atoms with Crippen LogP contribution in [0.5, 0.6) is 11.6 Å². The smallest absolute Gasteiger partial charge is 0.416 e. The molecule has 5 rings (SSSR count). The Morgan fingerprint density at radius 1 is 0.850 bits per heavy atom. The third-order valence-corrected chi connectivity index (χ3v) is 6.45. The van der Waals surface area contributed by atoms with Crippen molar-refractivity contribution in [1.82, 2.24) is 20.3 Å². The van der Waals surface area contributed by atoms with Crippen molar-refractivity contribution in [2.45, 2.75) is 45.5 Å². The molecule has 0 saturated heterocycles. The van der Waals surface area contributed by atoms with E-state index in [2.05, 4.69) is 47.4 Å². The number of alkyl halides is 3. The summed E-state index contributed by atoms with van der Waals surface area (Å²) in [6, 6.07) is 22.6. The molecule has 6 nitrogen and oxygen atoms in total. The largest absolute Gasteiger partial charge is 0.437 e. The lowest BCUT2D eigenvalue weighted by Gasteiger charge is -2.22. The average Bonchev–Trinajstić information content (AvgIpc) is 3.33. The Bertz CT molecular complexity index is 1600. The van der Waals surface area contributed by atoms with E-state index >= 15 is 0 Å². The van der Waals surface area contributed by atoms with E-state index in [-0.39, 0.29) is 5.41 Å². The van der Waals surface area contributed by atoms with Crippen LogP contribution in [0, 0.1) is 0 Å². The van der Waals surface area contributed by atoms with Gasteiger partial charge in [-0.15, -0.1) is 0 Å². The summed E-state index contributed by atoms with van der Waals surface area (Å²) in [4.78, 5) is 12.5. The van der Waals surface area contributed by atoms with Crippen molar-refractivity contribution in [2.75, 3.05) is 5.32 Å². The number of imidazole rings is 1. The Balaban J connectivity index is 1.31. The number of para-hydroxylation sites is 2. The fourth-order valence-corrected chi connectivity index (χ4v) is 4.42. The van der Waals surface area contributed by atoms with Crippen molar-refractivity contribution >= 4 is 22.7 Å². The first-order valence-corrected chi connectivity index (χ1v) is 12.9. The Kier molecular flexibility index (Phi) is 7.49. The van der Waals surface area contributed by atoms with Gasteiger partial charge in [0, 0.05) is 24.8 Å². The molecule has 2 heterocycles. The van der Waals surface area contributed by atoms with E-state index in [1.54, 1.807) is 6.20 Å². The van der Waals surface area contributed by atoms with E-state index in [0.717, 1.165) is 45.6 Å². The molecule has 0 spiro atoms. The number of hydrogen-bond acceptors (Lipinski definition) is 5. The van der Waals surface area contributed by atoms with Crippen LogP contribution in [0.1, 0.15) is 43.0 Å². The number of anilines is 2. The van der Waals surface area contributed by atoms with Gasteiger partial charge in [0.2, 0.25) is 11.8 Å². The van der Waals surface area contributed by atoms with Crippen LogP contribution in [0.25, 0.3) is 11.0 Å². The minimum Gasteiger partial charge on any atom is -0.437 e. The molecule has 0 aliphatic rings. The van der Waals surface area contributed by atoms with Gasteiger partial charge in [-0.3, -0.25) is 0 Å². The minimum absolute atomic E-state index is 0.103. The van der Waals surface area contributed by atoms with E-state index in [1.165, 1.54) is 12.1 Å². The SMILES string of the molecule is CC(C)(C)c1ccccc1Oc1ncccc1Nc1nc2c(CNCc3ccc(C(F)(F)F)cc3)cccc2[nH]1. The Labute approximate surface area is 230 Å². The summed E-state index contributed by atoms with van der Waals surface area (Å²) in [6.45, 7) is 7.33. The van der Waals surface area contributed by atoms with Crippen LogP contribution in [-0.2, 0) is 24.7 Å². The van der Waals surface area contributed by atoms with Crippen LogP contribution in [0.2, 0.25) is 0 Å². The maximum absolute atomic E-state index is 12.8. The van der Waals surface area contributed by atoms with E-state index in [1.807, 2.05) is 48.5 Å². The normalized spacial score (nSPS) is 12.1. The van der Waals surface area contributed by atoms with Gasteiger partial charge in [0.05, 0.1) is 16.6 Å². The number of rotatable bonds is 8. The summed E-state index contributed by atoms with van der Waals surface area (Å²) in [5.74, 6) is 1.70. The van der Waals surface area contributed by atoms with Gasteiger partial charge in [-0.1, -0.05) is 63.2 Å². The van der Waals surface area contributed by atoms with E-state index in [9.17, 15) is 13.2 Å². The van der Waals surface area contributed by atoms with Crippen LogP contribution >= 0.6 is 0 Å². The maximum atomic E-state index is 12.8. The predicted octanol–water partition coefficient (Wildman–Crippen LogP) is 8.10. The van der Waals surface area contributed by atoms with Gasteiger partial charge >= 0.3 is 6.18 Å². The first-order valence-electron chi connectivity index (χ1n) is 12.9. The first kappa shape index (κ1) is 27.2. The molecule has 0 fully saturated rings. The Morgan fingerprint density at radius 2 is 1.62 bits per heavy atom. The Hall–Kier alpha value is -4.37. The molecular formula is C31H30F3N5O. The van der Waals surface area contributed by atoms with Gasteiger partial charge in [-0.05, 0) is 52.9 Å². The Morgan fingerprint density at radius 3 is 2.38 bits per heavy atom. The average molecular weight is 546 g/mol. The number of H-pyrrole nitrogens is 1. The number of aromatic nitrogens is 3. The lowest BCUT2D eigenvalue weighted by molar-refractivity contribution is -0.137.